The van der Waals surface area contributed by atoms with Crippen LogP contribution in [0.3, 0.4) is 0 Å². The van der Waals surface area contributed by atoms with Gasteiger partial charge in [0.1, 0.15) is 12.3 Å². The molecule has 4 heterocycles. The summed E-state index contributed by atoms with van der Waals surface area (Å²) in [4.78, 5) is 41.0. The predicted molar refractivity (Wildman–Crippen MR) is 135 cm³/mol. The number of nitro benzene ring substituents is 1. The molecule has 0 unspecified atom stereocenters. The third kappa shape index (κ3) is 5.29. The lowest BCUT2D eigenvalue weighted by molar-refractivity contribution is -0.384. The van der Waals surface area contributed by atoms with E-state index < -0.39 is 28.9 Å². The average Bonchev–Trinajstić information content (AvgIpc) is 3.53. The van der Waals surface area contributed by atoms with Crippen molar-refractivity contribution in [2.24, 2.45) is 0 Å². The van der Waals surface area contributed by atoms with Crippen LogP contribution in [0.5, 0.6) is 11.5 Å². The summed E-state index contributed by atoms with van der Waals surface area (Å²) in [5.41, 5.74) is -0.883. The quantitative estimate of drug-likeness (QED) is 0.227. The maximum absolute atomic E-state index is 12.9. The minimum absolute atomic E-state index is 0.182. The first kappa shape index (κ1) is 25.8. The fourth-order valence-electron chi connectivity index (χ4n) is 4.04. The Labute approximate surface area is 219 Å². The van der Waals surface area contributed by atoms with Crippen molar-refractivity contribution in [2.45, 2.75) is 26.2 Å². The van der Waals surface area contributed by atoms with Crippen molar-refractivity contribution in [3.8, 4) is 22.8 Å². The molecule has 200 valence electrons. The molecule has 0 aliphatic heterocycles. The zero-order valence-corrected chi connectivity index (χ0v) is 20.7. The Hall–Kier alpha value is -4.79. The molecule has 0 bridgehead atoms. The molecule has 0 radical (unpaired) electrons. The second-order valence-electron chi connectivity index (χ2n) is 8.49. The number of nitro groups is 1. The molecule has 1 aromatic carbocycles. The molecule has 0 saturated carbocycles. The molecule has 0 aliphatic rings. The average molecular weight is 558 g/mol. The standard InChI is InChI=1S/C24H17F3N6O5S/c1-13-6-15(33(36)37)8-18(21(13)38-16-9-29-30-10-16)20-22-14(2-4-28-20)7-17(39-22)11-32-19(34)3-5-31(23(32)35)12-24(25,26)27/h2-10H,11-12H2,1H3,(H,29,30). The number of aromatic nitrogens is 5. The fourth-order valence-corrected chi connectivity index (χ4v) is 5.19. The zero-order chi connectivity index (χ0) is 27.9. The first-order valence-corrected chi connectivity index (χ1v) is 12.0. The van der Waals surface area contributed by atoms with Crippen LogP contribution in [-0.4, -0.2) is 35.4 Å². The molecule has 1 N–H and O–H groups in total. The Morgan fingerprint density at radius 2 is 2.00 bits per heavy atom. The number of aryl methyl sites for hydroxylation is 1. The number of pyridine rings is 1. The van der Waals surface area contributed by atoms with Crippen LogP contribution in [0.15, 0.2) is 64.7 Å². The van der Waals surface area contributed by atoms with Gasteiger partial charge in [0, 0.05) is 35.5 Å². The second-order valence-corrected chi connectivity index (χ2v) is 9.63. The summed E-state index contributed by atoms with van der Waals surface area (Å²) in [7, 11) is 0. The number of benzene rings is 1. The van der Waals surface area contributed by atoms with Crippen LogP contribution in [-0.2, 0) is 13.1 Å². The van der Waals surface area contributed by atoms with E-state index in [-0.39, 0.29) is 12.2 Å². The van der Waals surface area contributed by atoms with Gasteiger partial charge in [0.05, 0.1) is 39.8 Å². The van der Waals surface area contributed by atoms with Gasteiger partial charge in [0.25, 0.3) is 11.2 Å². The summed E-state index contributed by atoms with van der Waals surface area (Å²) in [6.07, 6.45) is 0.607. The van der Waals surface area contributed by atoms with Crippen LogP contribution in [0.2, 0.25) is 0 Å². The zero-order valence-electron chi connectivity index (χ0n) is 19.9. The highest BCUT2D eigenvalue weighted by Crippen LogP contribution is 2.42. The number of hydrogen-bond acceptors (Lipinski definition) is 8. The van der Waals surface area contributed by atoms with Gasteiger partial charge in [0.2, 0.25) is 0 Å². The molecule has 0 amide bonds. The Balaban J connectivity index is 1.62. The molecule has 0 saturated heterocycles. The lowest BCUT2D eigenvalue weighted by Gasteiger charge is -2.13. The van der Waals surface area contributed by atoms with E-state index in [4.69, 9.17) is 4.74 Å². The number of ether oxygens (including phenoxy) is 1. The number of aromatic amines is 1. The highest BCUT2D eigenvalue weighted by atomic mass is 32.1. The first-order chi connectivity index (χ1) is 18.5. The number of nitrogens with zero attached hydrogens (tertiary/aromatic N) is 5. The van der Waals surface area contributed by atoms with Gasteiger partial charge in [0.15, 0.2) is 5.75 Å². The summed E-state index contributed by atoms with van der Waals surface area (Å²) < 4.78 is 46.3. The number of alkyl halides is 3. The molecule has 5 rings (SSSR count). The van der Waals surface area contributed by atoms with Crippen LogP contribution in [0.4, 0.5) is 18.9 Å². The maximum Gasteiger partial charge on any atom is 0.406 e. The monoisotopic (exact) mass is 558 g/mol. The van der Waals surface area contributed by atoms with Crippen molar-refractivity contribution in [3.63, 3.8) is 0 Å². The molecule has 4 aromatic heterocycles. The number of rotatable bonds is 7. The topological polar surface area (TPSA) is 138 Å². The lowest BCUT2D eigenvalue weighted by Crippen LogP contribution is -2.41. The number of hydrogen-bond donors (Lipinski definition) is 1. The fraction of sp³-hybridized carbons (Fsp3) is 0.167. The van der Waals surface area contributed by atoms with Gasteiger partial charge in [-0.25, -0.2) is 4.79 Å². The van der Waals surface area contributed by atoms with Crippen LogP contribution in [0.25, 0.3) is 21.3 Å². The van der Waals surface area contributed by atoms with Crippen LogP contribution in [0.1, 0.15) is 10.4 Å². The Kier molecular flexibility index (Phi) is 6.51. The minimum atomic E-state index is -4.64. The van der Waals surface area contributed by atoms with E-state index in [9.17, 15) is 32.9 Å². The molecule has 5 aromatic rings. The molecule has 0 fully saturated rings. The SMILES string of the molecule is Cc1cc([N+](=O)[O-])cc(-c2nccc3cc(Cn4c(=O)ccn(CC(F)(F)F)c4=O)sc23)c1Oc1cn[nH]c1. The molecule has 0 spiro atoms. The van der Waals surface area contributed by atoms with Gasteiger partial charge in [-0.2, -0.15) is 18.3 Å². The van der Waals surface area contributed by atoms with Crippen LogP contribution < -0.4 is 16.0 Å². The maximum atomic E-state index is 12.9. The summed E-state index contributed by atoms with van der Waals surface area (Å²) in [5.74, 6) is 0.678. The Bertz CT molecular complexity index is 1830. The molecule has 0 aliphatic carbocycles. The van der Waals surface area contributed by atoms with Gasteiger partial charge in [-0.05, 0) is 30.0 Å². The Morgan fingerprint density at radius 1 is 1.21 bits per heavy atom. The van der Waals surface area contributed by atoms with E-state index in [2.05, 4.69) is 15.2 Å². The van der Waals surface area contributed by atoms with Crippen LogP contribution in [0, 0.1) is 17.0 Å². The molecular formula is C24H17F3N6O5S. The van der Waals surface area contributed by atoms with Gasteiger partial charge in [-0.15, -0.1) is 11.3 Å². The highest BCUT2D eigenvalue weighted by molar-refractivity contribution is 7.19. The number of H-pyrrole nitrogens is 1. The molecule has 0 atom stereocenters. The van der Waals surface area contributed by atoms with E-state index in [0.29, 0.717) is 52.4 Å². The highest BCUT2D eigenvalue weighted by Gasteiger charge is 2.29. The van der Waals surface area contributed by atoms with Crippen LogP contribution >= 0.6 is 11.3 Å². The molecule has 11 nitrogen and oxygen atoms in total. The van der Waals surface area contributed by atoms with E-state index in [1.807, 2.05) is 0 Å². The van der Waals surface area contributed by atoms with E-state index in [0.717, 1.165) is 23.6 Å². The number of thiophene rings is 1. The third-order valence-corrected chi connectivity index (χ3v) is 6.85. The van der Waals surface area contributed by atoms with Crippen molar-refractivity contribution in [3.05, 3.63) is 96.5 Å². The molecule has 39 heavy (non-hydrogen) atoms. The summed E-state index contributed by atoms with van der Waals surface area (Å²) in [6, 6.07) is 6.96. The minimum Gasteiger partial charge on any atom is -0.453 e. The van der Waals surface area contributed by atoms with Crippen molar-refractivity contribution in [1.82, 2.24) is 24.3 Å². The summed E-state index contributed by atoms with van der Waals surface area (Å²) in [6.45, 7) is -0.153. The second kappa shape index (κ2) is 9.83. The number of non-ortho nitro benzene ring substituents is 1. The van der Waals surface area contributed by atoms with Crippen molar-refractivity contribution >= 4 is 27.1 Å². The van der Waals surface area contributed by atoms with Gasteiger partial charge >= 0.3 is 11.9 Å². The smallest absolute Gasteiger partial charge is 0.406 e. The van der Waals surface area contributed by atoms with E-state index in [1.165, 1.54) is 30.7 Å². The number of halogens is 3. The third-order valence-electron chi connectivity index (χ3n) is 5.71. The largest absolute Gasteiger partial charge is 0.453 e. The summed E-state index contributed by atoms with van der Waals surface area (Å²) >= 11 is 1.15. The van der Waals surface area contributed by atoms with Crippen molar-refractivity contribution < 1.29 is 22.8 Å². The number of fused-ring (bicyclic) bond motifs is 1. The van der Waals surface area contributed by atoms with Gasteiger partial charge in [-0.1, -0.05) is 0 Å². The van der Waals surface area contributed by atoms with E-state index >= 15 is 0 Å². The molecule has 15 heteroatoms. The van der Waals surface area contributed by atoms with Crippen molar-refractivity contribution in [2.75, 3.05) is 0 Å². The van der Waals surface area contributed by atoms with E-state index in [1.54, 1.807) is 19.1 Å². The lowest BCUT2D eigenvalue weighted by atomic mass is 10.0. The first-order valence-electron chi connectivity index (χ1n) is 11.2. The van der Waals surface area contributed by atoms with Gasteiger partial charge in [-0.3, -0.25) is 34.1 Å². The predicted octanol–water partition coefficient (Wildman–Crippen LogP) is 4.63. The number of nitrogens with one attached hydrogen (secondary N) is 1. The van der Waals surface area contributed by atoms with Crippen molar-refractivity contribution in [1.29, 1.82) is 0 Å². The van der Waals surface area contributed by atoms with Gasteiger partial charge < -0.3 is 4.74 Å². The Morgan fingerprint density at radius 3 is 2.69 bits per heavy atom. The summed E-state index contributed by atoms with van der Waals surface area (Å²) in [5, 5.41) is 18.7. The molecular weight excluding hydrogens is 541 g/mol. The normalized spacial score (nSPS) is 11.7.